The van der Waals surface area contributed by atoms with Gasteiger partial charge in [-0.3, -0.25) is 0 Å². The van der Waals surface area contributed by atoms with E-state index in [0.29, 0.717) is 12.5 Å². The van der Waals surface area contributed by atoms with Crippen molar-refractivity contribution in [2.24, 2.45) is 5.92 Å². The van der Waals surface area contributed by atoms with Crippen LogP contribution in [0.3, 0.4) is 0 Å². The first-order valence-corrected chi connectivity index (χ1v) is 5.27. The van der Waals surface area contributed by atoms with Crippen molar-refractivity contribution < 1.29 is 13.2 Å². The van der Waals surface area contributed by atoms with Gasteiger partial charge in [-0.25, -0.2) is 0 Å². The van der Waals surface area contributed by atoms with Crippen LogP contribution in [-0.2, 0) is 0 Å². The van der Waals surface area contributed by atoms with Crippen molar-refractivity contribution in [2.75, 3.05) is 13.1 Å². The van der Waals surface area contributed by atoms with Crippen molar-refractivity contribution in [1.82, 2.24) is 5.32 Å². The highest BCUT2D eigenvalue weighted by atomic mass is 19.4. The van der Waals surface area contributed by atoms with Crippen LogP contribution < -0.4 is 5.32 Å². The Bertz CT molecular complexity index is 134. The summed E-state index contributed by atoms with van der Waals surface area (Å²) < 4.78 is 35.4. The van der Waals surface area contributed by atoms with E-state index in [1.54, 1.807) is 0 Å². The molecule has 86 valence electrons. The summed E-state index contributed by atoms with van der Waals surface area (Å²) in [4.78, 5) is 0. The number of hydrogen-bond donors (Lipinski definition) is 1. The Kier molecular flexibility index (Phi) is 6.97. The average molecular weight is 211 g/mol. The predicted molar refractivity (Wildman–Crippen MR) is 52.2 cm³/mol. The number of hydrogen-bond acceptors (Lipinski definition) is 1. The molecule has 1 N–H and O–H groups in total. The highest BCUT2D eigenvalue weighted by Crippen LogP contribution is 2.14. The molecular formula is C10H20F3N. The lowest BCUT2D eigenvalue weighted by Crippen LogP contribution is -2.32. The lowest BCUT2D eigenvalue weighted by atomic mass is 9.99. The molecule has 4 heteroatoms. The van der Waals surface area contributed by atoms with Gasteiger partial charge in [-0.15, -0.1) is 0 Å². The molecule has 14 heavy (non-hydrogen) atoms. The van der Waals surface area contributed by atoms with Crippen molar-refractivity contribution in [3.63, 3.8) is 0 Å². The van der Waals surface area contributed by atoms with Gasteiger partial charge in [0.05, 0.1) is 6.54 Å². The van der Waals surface area contributed by atoms with E-state index in [2.05, 4.69) is 12.2 Å². The molecule has 0 saturated heterocycles. The fraction of sp³-hybridized carbons (Fsp3) is 1.00. The molecule has 0 aromatic rings. The van der Waals surface area contributed by atoms with Crippen LogP contribution in [0.15, 0.2) is 0 Å². The molecule has 0 amide bonds. The van der Waals surface area contributed by atoms with E-state index in [-0.39, 0.29) is 0 Å². The maximum absolute atomic E-state index is 11.8. The Labute approximate surface area is 84.1 Å². The SMILES string of the molecule is CCCCC(CC)CNCC(F)(F)F. The van der Waals surface area contributed by atoms with E-state index in [1.807, 2.05) is 6.92 Å². The quantitative estimate of drug-likeness (QED) is 0.681. The van der Waals surface area contributed by atoms with Gasteiger partial charge in [0.25, 0.3) is 0 Å². The maximum atomic E-state index is 11.8. The molecule has 0 radical (unpaired) electrons. The number of rotatable bonds is 7. The highest BCUT2D eigenvalue weighted by molar-refractivity contribution is 4.63. The monoisotopic (exact) mass is 211 g/mol. The van der Waals surface area contributed by atoms with Gasteiger partial charge in [-0.2, -0.15) is 13.2 Å². The number of nitrogens with one attached hydrogen (secondary N) is 1. The summed E-state index contributed by atoms with van der Waals surface area (Å²) in [5.74, 6) is 0.386. The number of alkyl halides is 3. The fourth-order valence-electron chi connectivity index (χ4n) is 1.36. The van der Waals surface area contributed by atoms with Gasteiger partial charge < -0.3 is 5.32 Å². The maximum Gasteiger partial charge on any atom is 0.401 e. The molecule has 0 aliphatic heterocycles. The summed E-state index contributed by atoms with van der Waals surface area (Å²) in [5.41, 5.74) is 0. The topological polar surface area (TPSA) is 12.0 Å². The van der Waals surface area contributed by atoms with E-state index in [1.165, 1.54) is 0 Å². The molecule has 0 aliphatic carbocycles. The first-order valence-electron chi connectivity index (χ1n) is 5.27. The van der Waals surface area contributed by atoms with E-state index in [0.717, 1.165) is 25.7 Å². The van der Waals surface area contributed by atoms with E-state index in [4.69, 9.17) is 0 Å². The van der Waals surface area contributed by atoms with Gasteiger partial charge in [0.2, 0.25) is 0 Å². The standard InChI is InChI=1S/C10H20F3N/c1-3-5-6-9(4-2)7-14-8-10(11,12)13/h9,14H,3-8H2,1-2H3. The first-order chi connectivity index (χ1) is 6.49. The summed E-state index contributed by atoms with van der Waals surface area (Å²) in [7, 11) is 0. The second kappa shape index (κ2) is 7.10. The zero-order chi connectivity index (χ0) is 11.0. The molecule has 0 aliphatic rings. The van der Waals surface area contributed by atoms with Crippen molar-refractivity contribution in [1.29, 1.82) is 0 Å². The largest absolute Gasteiger partial charge is 0.401 e. The van der Waals surface area contributed by atoms with Crippen LogP contribution in [0, 0.1) is 5.92 Å². The Morgan fingerprint density at radius 2 is 1.86 bits per heavy atom. The van der Waals surface area contributed by atoms with Gasteiger partial charge in [0, 0.05) is 0 Å². The van der Waals surface area contributed by atoms with Crippen LogP contribution >= 0.6 is 0 Å². The van der Waals surface area contributed by atoms with E-state index in [9.17, 15) is 13.2 Å². The van der Waals surface area contributed by atoms with Crippen LogP contribution in [-0.4, -0.2) is 19.3 Å². The minimum absolute atomic E-state index is 0.386. The number of unbranched alkanes of at least 4 members (excludes halogenated alkanes) is 1. The zero-order valence-electron chi connectivity index (χ0n) is 8.95. The van der Waals surface area contributed by atoms with Crippen molar-refractivity contribution in [3.8, 4) is 0 Å². The summed E-state index contributed by atoms with van der Waals surface area (Å²) in [5, 5.41) is 2.46. The highest BCUT2D eigenvalue weighted by Gasteiger charge is 2.26. The Morgan fingerprint density at radius 3 is 2.29 bits per heavy atom. The van der Waals surface area contributed by atoms with E-state index < -0.39 is 12.7 Å². The molecule has 0 rings (SSSR count). The average Bonchev–Trinajstić information content (AvgIpc) is 2.09. The van der Waals surface area contributed by atoms with Gasteiger partial charge in [-0.1, -0.05) is 33.1 Å². The molecule has 0 saturated carbocycles. The smallest absolute Gasteiger partial charge is 0.308 e. The van der Waals surface area contributed by atoms with Crippen LogP contribution in [0.2, 0.25) is 0 Å². The van der Waals surface area contributed by atoms with Gasteiger partial charge in [0.1, 0.15) is 0 Å². The molecule has 0 bridgehead atoms. The Morgan fingerprint density at radius 1 is 1.21 bits per heavy atom. The molecule has 1 unspecified atom stereocenters. The van der Waals surface area contributed by atoms with Crippen molar-refractivity contribution in [2.45, 2.75) is 45.7 Å². The third kappa shape index (κ3) is 8.35. The molecule has 0 fully saturated rings. The van der Waals surface area contributed by atoms with Crippen LogP contribution in [0.25, 0.3) is 0 Å². The van der Waals surface area contributed by atoms with Crippen LogP contribution in [0.1, 0.15) is 39.5 Å². The van der Waals surface area contributed by atoms with Gasteiger partial charge >= 0.3 is 6.18 Å². The van der Waals surface area contributed by atoms with Gasteiger partial charge in [0.15, 0.2) is 0 Å². The number of halogens is 3. The summed E-state index contributed by atoms with van der Waals surface area (Å²) in [6, 6.07) is 0. The minimum Gasteiger partial charge on any atom is -0.308 e. The molecular weight excluding hydrogens is 191 g/mol. The first kappa shape index (κ1) is 13.8. The zero-order valence-corrected chi connectivity index (χ0v) is 8.95. The van der Waals surface area contributed by atoms with Crippen LogP contribution in [0.5, 0.6) is 0 Å². The van der Waals surface area contributed by atoms with Crippen molar-refractivity contribution in [3.05, 3.63) is 0 Å². The Hall–Kier alpha value is -0.250. The molecule has 0 spiro atoms. The molecule has 1 atom stereocenters. The third-order valence-electron chi connectivity index (χ3n) is 2.30. The lowest BCUT2D eigenvalue weighted by molar-refractivity contribution is -0.125. The minimum atomic E-state index is -4.08. The second-order valence-electron chi connectivity index (χ2n) is 3.66. The molecule has 1 nitrogen and oxygen atoms in total. The van der Waals surface area contributed by atoms with Crippen molar-refractivity contribution >= 4 is 0 Å². The fourth-order valence-corrected chi connectivity index (χ4v) is 1.36. The molecule has 0 aromatic carbocycles. The summed E-state index contributed by atoms with van der Waals surface area (Å²) in [6.45, 7) is 3.73. The summed E-state index contributed by atoms with van der Waals surface area (Å²) in [6.07, 6.45) is 0.105. The lowest BCUT2D eigenvalue weighted by Gasteiger charge is -2.16. The van der Waals surface area contributed by atoms with E-state index >= 15 is 0 Å². The molecule has 0 heterocycles. The van der Waals surface area contributed by atoms with Gasteiger partial charge in [-0.05, 0) is 18.9 Å². The Balaban J connectivity index is 3.52. The molecule has 0 aromatic heterocycles. The normalized spacial score (nSPS) is 14.4. The second-order valence-corrected chi connectivity index (χ2v) is 3.66. The summed E-state index contributed by atoms with van der Waals surface area (Å²) >= 11 is 0. The van der Waals surface area contributed by atoms with Crippen LogP contribution in [0.4, 0.5) is 13.2 Å². The predicted octanol–water partition coefficient (Wildman–Crippen LogP) is 3.35. The third-order valence-corrected chi connectivity index (χ3v) is 2.30.